The second kappa shape index (κ2) is 3.56. The molecule has 1 aromatic carbocycles. The van der Waals surface area contributed by atoms with Crippen molar-refractivity contribution in [2.45, 2.75) is 6.92 Å². The zero-order chi connectivity index (χ0) is 12.0. The molecule has 0 spiro atoms. The van der Waals surface area contributed by atoms with Crippen LogP contribution in [-0.4, -0.2) is 26.7 Å². The zero-order valence-corrected chi connectivity index (χ0v) is 10.1. The Hall–Kier alpha value is -1.88. The number of fused-ring (bicyclic) bond motifs is 3. The quantitative estimate of drug-likeness (QED) is 0.663. The van der Waals surface area contributed by atoms with E-state index in [1.807, 2.05) is 29.5 Å². The molecule has 6 heteroatoms. The van der Waals surface area contributed by atoms with Crippen molar-refractivity contribution in [1.29, 1.82) is 0 Å². The lowest BCUT2D eigenvalue weighted by molar-refractivity contribution is 0.415. The molecule has 2 heterocycles. The molecule has 0 aliphatic carbocycles. The number of nitrogens with zero attached hydrogens (tertiary/aromatic N) is 4. The Morgan fingerprint density at radius 3 is 2.88 bits per heavy atom. The fourth-order valence-electron chi connectivity index (χ4n) is 1.84. The van der Waals surface area contributed by atoms with Crippen LogP contribution in [0.25, 0.3) is 16.7 Å². The minimum absolute atomic E-state index is 0.350. The van der Waals surface area contributed by atoms with Crippen LogP contribution in [0, 0.1) is 6.92 Å². The van der Waals surface area contributed by atoms with Gasteiger partial charge in [-0.2, -0.15) is 0 Å². The van der Waals surface area contributed by atoms with Crippen molar-refractivity contribution < 1.29 is 4.74 Å². The molecule has 2 aromatic heterocycles. The lowest BCUT2D eigenvalue weighted by Gasteiger charge is -2.05. The van der Waals surface area contributed by atoms with Gasteiger partial charge in [0, 0.05) is 6.07 Å². The second-order valence-electron chi connectivity index (χ2n) is 3.66. The van der Waals surface area contributed by atoms with Crippen LogP contribution in [0.5, 0.6) is 5.75 Å². The lowest BCUT2D eigenvalue weighted by atomic mass is 10.3. The van der Waals surface area contributed by atoms with Crippen LogP contribution in [0.3, 0.4) is 0 Å². The summed E-state index contributed by atoms with van der Waals surface area (Å²) >= 11 is 6.06. The molecule has 3 aromatic rings. The molecule has 5 nitrogen and oxygen atoms in total. The Bertz CT molecular complexity index is 722. The fourth-order valence-corrected chi connectivity index (χ4v) is 2.06. The van der Waals surface area contributed by atoms with Crippen LogP contribution in [0.1, 0.15) is 5.82 Å². The maximum absolute atomic E-state index is 6.06. The highest BCUT2D eigenvalue weighted by atomic mass is 35.5. The molecule has 0 bridgehead atoms. The highest BCUT2D eigenvalue weighted by Crippen LogP contribution is 2.24. The first-order chi connectivity index (χ1) is 8.20. The van der Waals surface area contributed by atoms with Gasteiger partial charge in [-0.25, -0.2) is 4.98 Å². The zero-order valence-electron chi connectivity index (χ0n) is 9.31. The molecular weight excluding hydrogens is 240 g/mol. The van der Waals surface area contributed by atoms with E-state index in [-0.39, 0.29) is 0 Å². The normalized spacial score (nSPS) is 11.2. The molecular formula is C11H9ClN4O. The number of hydrogen-bond donors (Lipinski definition) is 0. The van der Waals surface area contributed by atoms with E-state index in [9.17, 15) is 0 Å². The highest BCUT2D eigenvalue weighted by molar-refractivity contribution is 6.32. The topological polar surface area (TPSA) is 52.3 Å². The van der Waals surface area contributed by atoms with Crippen molar-refractivity contribution in [3.05, 3.63) is 29.2 Å². The summed E-state index contributed by atoms with van der Waals surface area (Å²) < 4.78 is 7.07. The Balaban J connectivity index is 2.54. The summed E-state index contributed by atoms with van der Waals surface area (Å²) in [6.07, 6.45) is 0. The number of rotatable bonds is 1. The van der Waals surface area contributed by atoms with E-state index in [1.54, 1.807) is 7.11 Å². The molecule has 17 heavy (non-hydrogen) atoms. The van der Waals surface area contributed by atoms with Crippen LogP contribution >= 0.6 is 11.6 Å². The molecule has 0 radical (unpaired) electrons. The minimum atomic E-state index is 0.350. The van der Waals surface area contributed by atoms with E-state index in [4.69, 9.17) is 16.3 Å². The summed E-state index contributed by atoms with van der Waals surface area (Å²) in [5.41, 5.74) is 2.22. The Kier molecular flexibility index (Phi) is 2.16. The Labute approximate surface area is 102 Å². The van der Waals surface area contributed by atoms with Gasteiger partial charge in [0.25, 0.3) is 0 Å². The van der Waals surface area contributed by atoms with Crippen molar-refractivity contribution in [3.8, 4) is 5.75 Å². The summed E-state index contributed by atoms with van der Waals surface area (Å²) in [6.45, 7) is 1.87. The highest BCUT2D eigenvalue weighted by Gasteiger charge is 2.11. The van der Waals surface area contributed by atoms with Crippen LogP contribution < -0.4 is 4.74 Å². The van der Waals surface area contributed by atoms with Gasteiger partial charge in [-0.3, -0.25) is 4.40 Å². The van der Waals surface area contributed by atoms with E-state index in [0.717, 1.165) is 22.6 Å². The van der Waals surface area contributed by atoms with Gasteiger partial charge < -0.3 is 4.74 Å². The van der Waals surface area contributed by atoms with E-state index in [1.165, 1.54) is 0 Å². The largest absolute Gasteiger partial charge is 0.497 e. The van der Waals surface area contributed by atoms with Crippen molar-refractivity contribution in [3.63, 3.8) is 0 Å². The first-order valence-corrected chi connectivity index (χ1v) is 5.43. The summed E-state index contributed by atoms with van der Waals surface area (Å²) in [5.74, 6) is 1.53. The summed E-state index contributed by atoms with van der Waals surface area (Å²) in [5, 5.41) is 8.36. The smallest absolute Gasteiger partial charge is 0.199 e. The molecule has 0 saturated heterocycles. The van der Waals surface area contributed by atoms with Crippen LogP contribution in [0.15, 0.2) is 18.2 Å². The number of benzene rings is 1. The molecule has 0 unspecified atom stereocenters. The van der Waals surface area contributed by atoms with E-state index < -0.39 is 0 Å². The van der Waals surface area contributed by atoms with E-state index >= 15 is 0 Å². The lowest BCUT2D eigenvalue weighted by Crippen LogP contribution is -1.95. The Morgan fingerprint density at radius 2 is 2.12 bits per heavy atom. The van der Waals surface area contributed by atoms with Crippen LogP contribution in [0.4, 0.5) is 0 Å². The predicted molar refractivity (Wildman–Crippen MR) is 64.6 cm³/mol. The van der Waals surface area contributed by atoms with Crippen molar-refractivity contribution in [2.24, 2.45) is 0 Å². The standard InChI is InChI=1S/C11H9ClN4O/c1-6-14-15-11-10(12)13-8-4-3-7(17-2)5-9(8)16(6)11/h3-5H,1-2H3. The van der Waals surface area contributed by atoms with Crippen molar-refractivity contribution in [2.75, 3.05) is 7.11 Å². The SMILES string of the molecule is COc1ccc2nc(Cl)c3nnc(C)n3c2c1. The molecule has 0 saturated carbocycles. The van der Waals surface area contributed by atoms with Crippen LogP contribution in [-0.2, 0) is 0 Å². The summed E-state index contributed by atoms with van der Waals surface area (Å²) in [7, 11) is 1.63. The van der Waals surface area contributed by atoms with Gasteiger partial charge in [0.1, 0.15) is 11.6 Å². The maximum atomic E-state index is 6.06. The second-order valence-corrected chi connectivity index (χ2v) is 4.02. The minimum Gasteiger partial charge on any atom is -0.497 e. The first kappa shape index (κ1) is 10.3. The number of aryl methyl sites for hydroxylation is 1. The average molecular weight is 249 g/mol. The summed E-state index contributed by atoms with van der Waals surface area (Å²) in [4.78, 5) is 4.28. The molecule has 0 fully saturated rings. The fraction of sp³-hybridized carbons (Fsp3) is 0.182. The number of halogens is 1. The van der Waals surface area contributed by atoms with E-state index in [2.05, 4.69) is 15.2 Å². The van der Waals surface area contributed by atoms with Crippen molar-refractivity contribution >= 4 is 28.3 Å². The predicted octanol–water partition coefficient (Wildman–Crippen LogP) is 2.25. The van der Waals surface area contributed by atoms with Crippen molar-refractivity contribution in [1.82, 2.24) is 19.6 Å². The maximum Gasteiger partial charge on any atom is 0.199 e. The number of methoxy groups -OCH3 is 1. The van der Waals surface area contributed by atoms with Gasteiger partial charge in [0.2, 0.25) is 0 Å². The van der Waals surface area contributed by atoms with Gasteiger partial charge >= 0.3 is 0 Å². The van der Waals surface area contributed by atoms with Crippen LogP contribution in [0.2, 0.25) is 5.15 Å². The third-order valence-electron chi connectivity index (χ3n) is 2.65. The summed E-state index contributed by atoms with van der Waals surface area (Å²) in [6, 6.07) is 5.60. The van der Waals surface area contributed by atoms with E-state index in [0.29, 0.717) is 10.8 Å². The van der Waals surface area contributed by atoms with Gasteiger partial charge in [-0.05, 0) is 19.1 Å². The first-order valence-electron chi connectivity index (χ1n) is 5.05. The third-order valence-corrected chi connectivity index (χ3v) is 2.91. The number of ether oxygens (including phenoxy) is 1. The monoisotopic (exact) mass is 248 g/mol. The third kappa shape index (κ3) is 1.43. The molecule has 0 N–H and O–H groups in total. The van der Waals surface area contributed by atoms with Gasteiger partial charge in [0.05, 0.1) is 18.1 Å². The van der Waals surface area contributed by atoms with Gasteiger partial charge in [0.15, 0.2) is 10.8 Å². The molecule has 3 rings (SSSR count). The number of aromatic nitrogens is 4. The molecule has 86 valence electrons. The molecule has 0 aliphatic heterocycles. The molecule has 0 aliphatic rings. The number of hydrogen-bond acceptors (Lipinski definition) is 4. The Morgan fingerprint density at radius 1 is 1.29 bits per heavy atom. The molecule has 0 atom stereocenters. The average Bonchev–Trinajstić information content (AvgIpc) is 2.72. The molecule has 0 amide bonds. The van der Waals surface area contributed by atoms with Gasteiger partial charge in [-0.15, -0.1) is 10.2 Å². The van der Waals surface area contributed by atoms with Gasteiger partial charge in [-0.1, -0.05) is 11.6 Å².